The maximum Gasteiger partial charge on any atom is 0.416 e. The van der Waals surface area contributed by atoms with Crippen LogP contribution in [-0.2, 0) is 10.9 Å². The van der Waals surface area contributed by atoms with Gasteiger partial charge in [0.25, 0.3) is 5.91 Å². The van der Waals surface area contributed by atoms with E-state index in [1.54, 1.807) is 11.0 Å². The van der Waals surface area contributed by atoms with Crippen LogP contribution in [0.5, 0.6) is 0 Å². The summed E-state index contributed by atoms with van der Waals surface area (Å²) >= 11 is 0. The summed E-state index contributed by atoms with van der Waals surface area (Å²) in [6.45, 7) is 3.30. The number of Topliss-reactive ketones (excluding diaryl/α,β-unsaturated/α-hetero) is 1. The average Bonchev–Trinajstić information content (AvgIpc) is 2.83. The van der Waals surface area contributed by atoms with Crippen molar-refractivity contribution in [2.45, 2.75) is 19.0 Å². The topological polar surface area (TPSA) is 49.9 Å². The molecule has 0 spiro atoms. The standard InChI is InChI=1S/C24H25F3N2O3/c25-24(26,27)19-7-3-5-17(15-19)22(30)18-6-4-10-29(16-18)23(31)20-8-1-2-9-21(20)28-11-13-32-14-12-28/h1-3,5,7-9,15,18H,4,6,10-14,16H2. The molecule has 1 unspecified atom stereocenters. The van der Waals surface area contributed by atoms with Gasteiger partial charge >= 0.3 is 6.18 Å². The molecule has 1 atom stereocenters. The number of anilines is 1. The van der Waals surface area contributed by atoms with Crippen molar-refractivity contribution < 1.29 is 27.5 Å². The maximum absolute atomic E-state index is 13.4. The van der Waals surface area contributed by atoms with Gasteiger partial charge in [0, 0.05) is 43.3 Å². The number of piperidine rings is 1. The molecule has 2 aliphatic rings. The lowest BCUT2D eigenvalue weighted by Gasteiger charge is -2.34. The molecule has 2 heterocycles. The van der Waals surface area contributed by atoms with Gasteiger partial charge in [-0.2, -0.15) is 13.2 Å². The second-order valence-electron chi connectivity index (χ2n) is 8.15. The van der Waals surface area contributed by atoms with E-state index in [-0.39, 0.29) is 23.8 Å². The summed E-state index contributed by atoms with van der Waals surface area (Å²) in [7, 11) is 0. The van der Waals surface area contributed by atoms with Gasteiger partial charge < -0.3 is 14.5 Å². The lowest BCUT2D eigenvalue weighted by molar-refractivity contribution is -0.137. The zero-order valence-corrected chi connectivity index (χ0v) is 17.6. The third-order valence-corrected chi connectivity index (χ3v) is 6.04. The summed E-state index contributed by atoms with van der Waals surface area (Å²) in [6, 6.07) is 11.9. The Labute approximate surface area is 184 Å². The molecular weight excluding hydrogens is 421 g/mol. The van der Waals surface area contributed by atoms with Crippen LogP contribution >= 0.6 is 0 Å². The van der Waals surface area contributed by atoms with Gasteiger partial charge in [-0.05, 0) is 37.1 Å². The number of morpholine rings is 1. The number of carbonyl (C=O) groups is 2. The molecule has 2 aliphatic heterocycles. The molecule has 0 aliphatic carbocycles. The zero-order valence-electron chi connectivity index (χ0n) is 17.6. The van der Waals surface area contributed by atoms with Crippen molar-refractivity contribution in [2.24, 2.45) is 5.92 Å². The van der Waals surface area contributed by atoms with E-state index in [2.05, 4.69) is 4.90 Å². The van der Waals surface area contributed by atoms with Crippen LogP contribution in [0.2, 0.25) is 0 Å². The van der Waals surface area contributed by atoms with Gasteiger partial charge in [-0.3, -0.25) is 9.59 Å². The number of amides is 1. The quantitative estimate of drug-likeness (QED) is 0.658. The highest BCUT2D eigenvalue weighted by Crippen LogP contribution is 2.31. The van der Waals surface area contributed by atoms with Crippen LogP contribution < -0.4 is 4.90 Å². The van der Waals surface area contributed by atoms with E-state index < -0.39 is 17.7 Å². The zero-order chi connectivity index (χ0) is 22.7. The Morgan fingerprint density at radius 3 is 2.47 bits per heavy atom. The lowest BCUT2D eigenvalue weighted by atomic mass is 9.89. The van der Waals surface area contributed by atoms with Gasteiger partial charge in [0.1, 0.15) is 0 Å². The number of benzene rings is 2. The number of ketones is 1. The highest BCUT2D eigenvalue weighted by atomic mass is 19.4. The van der Waals surface area contributed by atoms with Crippen LogP contribution in [-0.4, -0.2) is 56.0 Å². The van der Waals surface area contributed by atoms with Crippen molar-refractivity contribution in [3.63, 3.8) is 0 Å². The van der Waals surface area contributed by atoms with Crippen molar-refractivity contribution in [2.75, 3.05) is 44.3 Å². The van der Waals surface area contributed by atoms with Crippen LogP contribution in [0.25, 0.3) is 0 Å². The molecule has 2 saturated heterocycles. The van der Waals surface area contributed by atoms with Crippen LogP contribution in [0, 0.1) is 5.92 Å². The number of alkyl halides is 3. The molecule has 32 heavy (non-hydrogen) atoms. The molecular formula is C24H25F3N2O3. The fourth-order valence-electron chi connectivity index (χ4n) is 4.36. The number of ether oxygens (including phenoxy) is 1. The van der Waals surface area contributed by atoms with Gasteiger partial charge in [-0.1, -0.05) is 24.3 Å². The molecule has 2 fully saturated rings. The van der Waals surface area contributed by atoms with Crippen molar-refractivity contribution in [3.05, 3.63) is 65.2 Å². The maximum atomic E-state index is 13.4. The lowest BCUT2D eigenvalue weighted by Crippen LogP contribution is -2.43. The molecule has 5 nitrogen and oxygen atoms in total. The van der Waals surface area contributed by atoms with Crippen molar-refractivity contribution in [1.29, 1.82) is 0 Å². The summed E-state index contributed by atoms with van der Waals surface area (Å²) < 4.78 is 44.5. The van der Waals surface area contributed by atoms with Crippen LogP contribution in [0.4, 0.5) is 18.9 Å². The Morgan fingerprint density at radius 2 is 1.72 bits per heavy atom. The first-order chi connectivity index (χ1) is 15.3. The Morgan fingerprint density at radius 1 is 0.969 bits per heavy atom. The van der Waals surface area contributed by atoms with E-state index in [4.69, 9.17) is 4.74 Å². The first-order valence-corrected chi connectivity index (χ1v) is 10.8. The molecule has 170 valence electrons. The predicted molar refractivity (Wildman–Crippen MR) is 114 cm³/mol. The van der Waals surface area contributed by atoms with Gasteiger partial charge in [0.15, 0.2) is 5.78 Å². The van der Waals surface area contributed by atoms with Crippen molar-refractivity contribution in [3.8, 4) is 0 Å². The molecule has 0 radical (unpaired) electrons. The van der Waals surface area contributed by atoms with Crippen LogP contribution in [0.3, 0.4) is 0 Å². The van der Waals surface area contributed by atoms with Crippen molar-refractivity contribution in [1.82, 2.24) is 4.90 Å². The Balaban J connectivity index is 1.51. The SMILES string of the molecule is O=C(c1cccc(C(F)(F)F)c1)C1CCCN(C(=O)c2ccccc2N2CCOCC2)C1. The normalized spacial score (nSPS) is 19.7. The summed E-state index contributed by atoms with van der Waals surface area (Å²) in [5, 5.41) is 0. The summed E-state index contributed by atoms with van der Waals surface area (Å²) in [4.78, 5) is 30.1. The summed E-state index contributed by atoms with van der Waals surface area (Å²) in [6.07, 6.45) is -3.33. The second-order valence-corrected chi connectivity index (χ2v) is 8.15. The predicted octanol–water partition coefficient (Wildman–Crippen LogP) is 4.28. The van der Waals surface area contributed by atoms with E-state index in [1.807, 2.05) is 18.2 Å². The third-order valence-electron chi connectivity index (χ3n) is 6.04. The molecule has 2 aromatic carbocycles. The fraction of sp³-hybridized carbons (Fsp3) is 0.417. The number of hydrogen-bond donors (Lipinski definition) is 0. The van der Waals surface area contributed by atoms with Gasteiger partial charge in [0.05, 0.1) is 24.3 Å². The Hall–Kier alpha value is -2.87. The highest BCUT2D eigenvalue weighted by Gasteiger charge is 2.34. The molecule has 4 rings (SSSR count). The number of carbonyl (C=O) groups excluding carboxylic acids is 2. The van der Waals surface area contributed by atoms with E-state index in [0.717, 1.165) is 17.8 Å². The minimum atomic E-state index is -4.51. The van der Waals surface area contributed by atoms with E-state index in [1.165, 1.54) is 12.1 Å². The Bertz CT molecular complexity index is 986. The number of hydrogen-bond acceptors (Lipinski definition) is 4. The summed E-state index contributed by atoms with van der Waals surface area (Å²) in [5.74, 6) is -1.03. The highest BCUT2D eigenvalue weighted by molar-refractivity contribution is 6.01. The summed E-state index contributed by atoms with van der Waals surface area (Å²) in [5.41, 5.74) is 0.605. The number of rotatable bonds is 4. The molecule has 1 amide bonds. The smallest absolute Gasteiger partial charge is 0.378 e. The number of nitrogens with zero attached hydrogens (tertiary/aromatic N) is 2. The van der Waals surface area contributed by atoms with Crippen LogP contribution in [0.15, 0.2) is 48.5 Å². The number of halogens is 3. The van der Waals surface area contributed by atoms with Gasteiger partial charge in [0.2, 0.25) is 0 Å². The third kappa shape index (κ3) is 4.80. The van der Waals surface area contributed by atoms with Gasteiger partial charge in [-0.15, -0.1) is 0 Å². The molecule has 8 heteroatoms. The van der Waals surface area contributed by atoms with E-state index in [9.17, 15) is 22.8 Å². The monoisotopic (exact) mass is 446 g/mol. The molecule has 0 aromatic heterocycles. The first-order valence-electron chi connectivity index (χ1n) is 10.8. The Kier molecular flexibility index (Phi) is 6.50. The first kappa shape index (κ1) is 22.3. The van der Waals surface area contributed by atoms with Crippen molar-refractivity contribution >= 4 is 17.4 Å². The minimum absolute atomic E-state index is 0.0350. The van der Waals surface area contributed by atoms with E-state index >= 15 is 0 Å². The minimum Gasteiger partial charge on any atom is -0.378 e. The molecule has 0 bridgehead atoms. The fourth-order valence-corrected chi connectivity index (χ4v) is 4.36. The molecule has 0 saturated carbocycles. The second kappa shape index (κ2) is 9.32. The van der Waals surface area contributed by atoms with Crippen LogP contribution in [0.1, 0.15) is 39.1 Å². The number of likely N-dealkylation sites (tertiary alicyclic amines) is 1. The average molecular weight is 446 g/mol. The van der Waals surface area contributed by atoms with E-state index in [0.29, 0.717) is 51.3 Å². The number of para-hydroxylation sites is 1. The molecule has 2 aromatic rings. The molecule has 0 N–H and O–H groups in total. The van der Waals surface area contributed by atoms with Gasteiger partial charge in [-0.25, -0.2) is 0 Å². The largest absolute Gasteiger partial charge is 0.416 e.